The van der Waals surface area contributed by atoms with Gasteiger partial charge in [-0.25, -0.2) is 14.8 Å². The summed E-state index contributed by atoms with van der Waals surface area (Å²) in [5, 5.41) is 9.14. The molecule has 0 aliphatic carbocycles. The fourth-order valence-electron chi connectivity index (χ4n) is 1.92. The van der Waals surface area contributed by atoms with E-state index < -0.39 is 5.97 Å². The second kappa shape index (κ2) is 7.19. The molecule has 1 N–H and O–H groups in total. The Balaban J connectivity index is 3.15. The molecule has 1 aromatic rings. The number of ether oxygens (including phenoxy) is 1. The van der Waals surface area contributed by atoms with Crippen LogP contribution in [0.2, 0.25) is 0 Å². The Morgan fingerprint density at radius 2 is 2.11 bits per heavy atom. The minimum atomic E-state index is -0.987. The summed E-state index contributed by atoms with van der Waals surface area (Å²) in [5.74, 6) is -0.368. The van der Waals surface area contributed by atoms with Crippen molar-refractivity contribution in [3.63, 3.8) is 0 Å². The molecule has 0 aliphatic rings. The third-order valence-electron chi connectivity index (χ3n) is 2.82. The summed E-state index contributed by atoms with van der Waals surface area (Å²) in [4.78, 5) is 19.7. The summed E-state index contributed by atoms with van der Waals surface area (Å²) in [6.07, 6.45) is 3.03. The first-order valence-corrected chi connectivity index (χ1v) is 6.72. The van der Waals surface area contributed by atoms with Crippen molar-refractivity contribution in [2.24, 2.45) is 0 Å². The van der Waals surface area contributed by atoms with Gasteiger partial charge in [0, 0.05) is 12.8 Å². The van der Waals surface area contributed by atoms with Crippen LogP contribution < -0.4 is 0 Å². The highest BCUT2D eigenvalue weighted by atomic mass is 16.5. The van der Waals surface area contributed by atoms with E-state index in [9.17, 15) is 4.79 Å². The molecule has 5 nitrogen and oxygen atoms in total. The molecule has 5 heteroatoms. The van der Waals surface area contributed by atoms with E-state index in [-0.39, 0.29) is 17.6 Å². The topological polar surface area (TPSA) is 72.3 Å². The van der Waals surface area contributed by atoms with Gasteiger partial charge >= 0.3 is 5.97 Å². The van der Waals surface area contributed by atoms with Crippen LogP contribution in [0.5, 0.6) is 0 Å². The lowest BCUT2D eigenvalue weighted by Gasteiger charge is -2.17. The van der Waals surface area contributed by atoms with Crippen molar-refractivity contribution in [1.29, 1.82) is 0 Å². The molecule has 0 aromatic carbocycles. The summed E-state index contributed by atoms with van der Waals surface area (Å²) >= 11 is 0. The van der Waals surface area contributed by atoms with Crippen LogP contribution >= 0.6 is 0 Å². The van der Waals surface area contributed by atoms with Crippen LogP contribution in [0.4, 0.5) is 0 Å². The third kappa shape index (κ3) is 3.99. The fourth-order valence-corrected chi connectivity index (χ4v) is 1.92. The van der Waals surface area contributed by atoms with Gasteiger partial charge in [-0.1, -0.05) is 27.2 Å². The van der Waals surface area contributed by atoms with Crippen molar-refractivity contribution in [2.75, 3.05) is 6.61 Å². The van der Waals surface area contributed by atoms with E-state index >= 15 is 0 Å². The number of rotatable bonds is 7. The molecule has 0 saturated heterocycles. The highest BCUT2D eigenvalue weighted by molar-refractivity contribution is 5.88. The molecule has 1 aromatic heterocycles. The van der Waals surface area contributed by atoms with Crippen LogP contribution in [0.25, 0.3) is 0 Å². The Bertz CT molecular complexity index is 427. The van der Waals surface area contributed by atoms with E-state index in [0.29, 0.717) is 18.1 Å². The molecule has 1 unspecified atom stereocenters. The van der Waals surface area contributed by atoms with Gasteiger partial charge in [0.25, 0.3) is 0 Å². The lowest BCUT2D eigenvalue weighted by molar-refractivity contribution is 0.0489. The zero-order valence-electron chi connectivity index (χ0n) is 12.0. The quantitative estimate of drug-likeness (QED) is 0.820. The summed E-state index contributed by atoms with van der Waals surface area (Å²) in [6, 6.07) is 0. The predicted molar refractivity (Wildman–Crippen MR) is 72.4 cm³/mol. The van der Waals surface area contributed by atoms with E-state index in [1.54, 1.807) is 0 Å². The molecule has 1 rings (SSSR count). The van der Waals surface area contributed by atoms with Gasteiger partial charge in [0.15, 0.2) is 5.82 Å². The summed E-state index contributed by atoms with van der Waals surface area (Å²) in [6.45, 7) is 8.44. The summed E-state index contributed by atoms with van der Waals surface area (Å²) in [5.41, 5.74) is 0.740. The van der Waals surface area contributed by atoms with E-state index in [0.717, 1.165) is 12.8 Å². The molecule has 0 aliphatic heterocycles. The fraction of sp³-hybridized carbons (Fsp3) is 0.643. The van der Waals surface area contributed by atoms with Gasteiger partial charge < -0.3 is 9.84 Å². The van der Waals surface area contributed by atoms with Crippen molar-refractivity contribution in [3.05, 3.63) is 23.3 Å². The lowest BCUT2D eigenvalue weighted by atomic mass is 10.0. The zero-order valence-corrected chi connectivity index (χ0v) is 12.0. The number of nitrogens with zero attached hydrogens (tertiary/aromatic N) is 2. The smallest absolute Gasteiger partial charge is 0.339 e. The van der Waals surface area contributed by atoms with E-state index in [2.05, 4.69) is 16.9 Å². The van der Waals surface area contributed by atoms with Crippen molar-refractivity contribution in [3.8, 4) is 0 Å². The maximum Gasteiger partial charge on any atom is 0.339 e. The molecule has 1 atom stereocenters. The number of carboxylic acid groups (broad SMARTS) is 1. The van der Waals surface area contributed by atoms with Gasteiger partial charge in [-0.2, -0.15) is 0 Å². The largest absolute Gasteiger partial charge is 0.478 e. The molecule has 1 heterocycles. The third-order valence-corrected chi connectivity index (χ3v) is 2.82. The van der Waals surface area contributed by atoms with Gasteiger partial charge in [-0.05, 0) is 19.3 Å². The second-order valence-corrected chi connectivity index (χ2v) is 4.72. The van der Waals surface area contributed by atoms with E-state index in [1.807, 2.05) is 20.8 Å². The minimum absolute atomic E-state index is 0.0387. The first-order valence-electron chi connectivity index (χ1n) is 6.72. The number of aromatic carboxylic acids is 1. The standard InChI is InChI=1S/C14H22N2O3/c1-5-7-11(19-6-2)13-15-8-10(14(17)18)12(16-13)9(3)4/h8-9,11H,5-7H2,1-4H3,(H,17,18). The number of hydrogen-bond donors (Lipinski definition) is 1. The van der Waals surface area contributed by atoms with Gasteiger partial charge in [0.1, 0.15) is 6.10 Å². The first-order chi connectivity index (χ1) is 9.01. The van der Waals surface area contributed by atoms with Gasteiger partial charge in [-0.15, -0.1) is 0 Å². The van der Waals surface area contributed by atoms with Gasteiger partial charge in [0.2, 0.25) is 0 Å². The second-order valence-electron chi connectivity index (χ2n) is 4.72. The van der Waals surface area contributed by atoms with Gasteiger partial charge in [0.05, 0.1) is 11.3 Å². The van der Waals surface area contributed by atoms with Crippen LogP contribution in [-0.2, 0) is 4.74 Å². The monoisotopic (exact) mass is 266 g/mol. The SMILES string of the molecule is CCCC(OCC)c1ncc(C(=O)O)c(C(C)C)n1. The molecular weight excluding hydrogens is 244 g/mol. The number of carbonyl (C=O) groups is 1. The van der Waals surface area contributed by atoms with Gasteiger partial charge in [-0.3, -0.25) is 0 Å². The number of hydrogen-bond acceptors (Lipinski definition) is 4. The predicted octanol–water partition coefficient (Wildman–Crippen LogP) is 3.18. The Morgan fingerprint density at radius 1 is 1.42 bits per heavy atom. The van der Waals surface area contributed by atoms with Crippen LogP contribution in [0, 0.1) is 0 Å². The first kappa shape index (κ1) is 15.6. The van der Waals surface area contributed by atoms with Crippen LogP contribution in [-0.4, -0.2) is 27.7 Å². The van der Waals surface area contributed by atoms with Crippen LogP contribution in [0.3, 0.4) is 0 Å². The normalized spacial score (nSPS) is 12.7. The highest BCUT2D eigenvalue weighted by Crippen LogP contribution is 2.23. The van der Waals surface area contributed by atoms with E-state index in [4.69, 9.17) is 9.84 Å². The lowest BCUT2D eigenvalue weighted by Crippen LogP contribution is -2.14. The van der Waals surface area contributed by atoms with Crippen molar-refractivity contribution in [1.82, 2.24) is 9.97 Å². The number of aromatic nitrogens is 2. The Morgan fingerprint density at radius 3 is 2.58 bits per heavy atom. The molecule has 0 amide bonds. The summed E-state index contributed by atoms with van der Waals surface area (Å²) < 4.78 is 5.63. The highest BCUT2D eigenvalue weighted by Gasteiger charge is 2.20. The molecular formula is C14H22N2O3. The molecule has 106 valence electrons. The Hall–Kier alpha value is -1.49. The van der Waals surface area contributed by atoms with Crippen molar-refractivity contribution < 1.29 is 14.6 Å². The van der Waals surface area contributed by atoms with Crippen LogP contribution in [0.1, 0.15) is 74.4 Å². The molecule has 0 radical (unpaired) electrons. The molecule has 19 heavy (non-hydrogen) atoms. The zero-order chi connectivity index (χ0) is 14.4. The molecule has 0 bridgehead atoms. The maximum atomic E-state index is 11.1. The van der Waals surface area contributed by atoms with E-state index in [1.165, 1.54) is 6.20 Å². The van der Waals surface area contributed by atoms with Crippen molar-refractivity contribution in [2.45, 2.75) is 52.6 Å². The minimum Gasteiger partial charge on any atom is -0.478 e. The molecule has 0 saturated carbocycles. The maximum absolute atomic E-state index is 11.1. The van der Waals surface area contributed by atoms with Crippen molar-refractivity contribution >= 4 is 5.97 Å². The summed E-state index contributed by atoms with van der Waals surface area (Å²) in [7, 11) is 0. The Kier molecular flexibility index (Phi) is 5.89. The average molecular weight is 266 g/mol. The average Bonchev–Trinajstić information content (AvgIpc) is 2.37. The molecule has 0 fully saturated rings. The Labute approximate surface area is 114 Å². The number of carboxylic acids is 1. The molecule has 0 spiro atoms. The van der Waals surface area contributed by atoms with Crippen LogP contribution in [0.15, 0.2) is 6.20 Å².